The van der Waals surface area contributed by atoms with Gasteiger partial charge in [-0.25, -0.2) is 0 Å². The van der Waals surface area contributed by atoms with Crippen molar-refractivity contribution in [1.29, 1.82) is 0 Å². The number of furan rings is 1. The Balaban J connectivity index is 2.02. The summed E-state index contributed by atoms with van der Waals surface area (Å²) in [6, 6.07) is 11.3. The van der Waals surface area contributed by atoms with Crippen molar-refractivity contribution < 1.29 is 13.9 Å². The number of aryl methyl sites for hydroxylation is 2. The van der Waals surface area contributed by atoms with Gasteiger partial charge in [0.25, 0.3) is 5.91 Å². The maximum absolute atomic E-state index is 12.7. The molecule has 0 aliphatic rings. The second-order valence-electron chi connectivity index (χ2n) is 5.73. The van der Waals surface area contributed by atoms with Crippen LogP contribution in [0.5, 0.6) is 0 Å². The molecule has 4 nitrogen and oxygen atoms in total. The minimum Gasteiger partial charge on any atom is -0.451 e. The molecular formula is C19H18ClNO3. The van der Waals surface area contributed by atoms with Crippen LogP contribution in [-0.4, -0.2) is 13.0 Å². The van der Waals surface area contributed by atoms with E-state index in [1.165, 1.54) is 0 Å². The van der Waals surface area contributed by atoms with Gasteiger partial charge in [-0.3, -0.25) is 4.79 Å². The maximum Gasteiger partial charge on any atom is 0.291 e. The zero-order chi connectivity index (χ0) is 17.3. The molecule has 1 N–H and O–H groups in total. The Hall–Kier alpha value is -2.30. The summed E-state index contributed by atoms with van der Waals surface area (Å²) in [5.74, 6) is -0.0961. The quantitative estimate of drug-likeness (QED) is 0.716. The van der Waals surface area contributed by atoms with E-state index in [-0.39, 0.29) is 11.7 Å². The van der Waals surface area contributed by atoms with Crippen molar-refractivity contribution >= 4 is 34.2 Å². The van der Waals surface area contributed by atoms with Crippen molar-refractivity contribution in [3.8, 4) is 0 Å². The number of benzene rings is 2. The number of fused-ring (bicyclic) bond motifs is 1. The number of halogens is 1. The molecule has 0 spiro atoms. The van der Waals surface area contributed by atoms with Crippen LogP contribution in [0.1, 0.15) is 27.2 Å². The highest BCUT2D eigenvalue weighted by Crippen LogP contribution is 2.30. The first-order valence-electron chi connectivity index (χ1n) is 7.58. The summed E-state index contributed by atoms with van der Waals surface area (Å²) in [4.78, 5) is 12.7. The first-order valence-corrected chi connectivity index (χ1v) is 7.96. The number of carbonyl (C=O) groups is 1. The van der Waals surface area contributed by atoms with Gasteiger partial charge in [-0.2, -0.15) is 0 Å². The minimum atomic E-state index is -0.341. The number of amides is 1. The van der Waals surface area contributed by atoms with Crippen molar-refractivity contribution in [2.24, 2.45) is 0 Å². The topological polar surface area (TPSA) is 51.5 Å². The summed E-state index contributed by atoms with van der Waals surface area (Å²) in [6.45, 7) is 4.16. The number of methoxy groups -OCH3 is 1. The van der Waals surface area contributed by atoms with Crippen LogP contribution in [0.15, 0.2) is 40.8 Å². The number of para-hydroxylation sites is 1. The van der Waals surface area contributed by atoms with Gasteiger partial charge in [0.1, 0.15) is 5.58 Å². The number of anilines is 1. The molecule has 3 aromatic rings. The van der Waals surface area contributed by atoms with E-state index >= 15 is 0 Å². The molecule has 0 radical (unpaired) electrons. The van der Waals surface area contributed by atoms with Gasteiger partial charge in [0.05, 0.1) is 17.3 Å². The fourth-order valence-corrected chi connectivity index (χ4v) is 3.18. The minimum absolute atomic E-state index is 0.245. The summed E-state index contributed by atoms with van der Waals surface area (Å²) in [5, 5.41) is 4.24. The summed E-state index contributed by atoms with van der Waals surface area (Å²) >= 11 is 6.28. The standard InChI is InChI=1S/C19H18ClNO3/c1-11-8-12(2)17(15(20)9-11)21-19(22)18-14(10-23-3)13-6-4-5-7-16(13)24-18/h4-9H,10H2,1-3H3,(H,21,22). The number of hydrogen-bond acceptors (Lipinski definition) is 3. The number of hydrogen-bond donors (Lipinski definition) is 1. The number of nitrogens with one attached hydrogen (secondary N) is 1. The zero-order valence-corrected chi connectivity index (χ0v) is 14.5. The van der Waals surface area contributed by atoms with Gasteiger partial charge in [-0.1, -0.05) is 35.9 Å². The lowest BCUT2D eigenvalue weighted by Crippen LogP contribution is -2.14. The van der Waals surface area contributed by atoms with E-state index in [2.05, 4.69) is 5.32 Å². The molecule has 0 bridgehead atoms. The fraction of sp³-hybridized carbons (Fsp3) is 0.211. The molecule has 0 saturated heterocycles. The third-order valence-electron chi connectivity index (χ3n) is 3.86. The van der Waals surface area contributed by atoms with Crippen LogP contribution in [0.4, 0.5) is 5.69 Å². The Morgan fingerprint density at radius 3 is 2.71 bits per heavy atom. The molecule has 1 heterocycles. The van der Waals surface area contributed by atoms with Crippen molar-refractivity contribution in [3.63, 3.8) is 0 Å². The Labute approximate surface area is 145 Å². The molecule has 3 rings (SSSR count). The second-order valence-corrected chi connectivity index (χ2v) is 6.14. The van der Waals surface area contributed by atoms with Crippen LogP contribution in [0.25, 0.3) is 11.0 Å². The summed E-state index contributed by atoms with van der Waals surface area (Å²) in [7, 11) is 1.59. The predicted molar refractivity (Wildman–Crippen MR) is 95.8 cm³/mol. The van der Waals surface area contributed by atoms with E-state index in [1.54, 1.807) is 7.11 Å². The molecule has 0 atom stereocenters. The highest BCUT2D eigenvalue weighted by molar-refractivity contribution is 6.34. The van der Waals surface area contributed by atoms with Crippen molar-refractivity contribution in [3.05, 3.63) is 63.9 Å². The molecule has 0 saturated carbocycles. The smallest absolute Gasteiger partial charge is 0.291 e. The van der Waals surface area contributed by atoms with Gasteiger partial charge < -0.3 is 14.5 Å². The fourth-order valence-electron chi connectivity index (χ4n) is 2.81. The van der Waals surface area contributed by atoms with Crippen molar-refractivity contribution in [1.82, 2.24) is 0 Å². The lowest BCUT2D eigenvalue weighted by molar-refractivity contribution is 0.0992. The second kappa shape index (κ2) is 6.67. The van der Waals surface area contributed by atoms with Crippen LogP contribution >= 0.6 is 11.6 Å². The summed E-state index contributed by atoms with van der Waals surface area (Å²) in [5.41, 5.74) is 3.92. The van der Waals surface area contributed by atoms with Crippen molar-refractivity contribution in [2.45, 2.75) is 20.5 Å². The third-order valence-corrected chi connectivity index (χ3v) is 4.16. The molecule has 24 heavy (non-hydrogen) atoms. The van der Waals surface area contributed by atoms with Crippen molar-refractivity contribution in [2.75, 3.05) is 12.4 Å². The van der Waals surface area contributed by atoms with Crippen LogP contribution < -0.4 is 5.32 Å². The van der Waals surface area contributed by atoms with Gasteiger partial charge in [0.15, 0.2) is 5.76 Å². The van der Waals surface area contributed by atoms with E-state index in [9.17, 15) is 4.79 Å². The van der Waals surface area contributed by atoms with E-state index in [4.69, 9.17) is 20.8 Å². The maximum atomic E-state index is 12.7. The molecular weight excluding hydrogens is 326 g/mol. The highest BCUT2D eigenvalue weighted by Gasteiger charge is 2.21. The normalized spacial score (nSPS) is 11.0. The van der Waals surface area contributed by atoms with Gasteiger partial charge >= 0.3 is 0 Å². The number of ether oxygens (including phenoxy) is 1. The summed E-state index contributed by atoms with van der Waals surface area (Å²) in [6.07, 6.45) is 0. The van der Waals surface area contributed by atoms with E-state index in [0.717, 1.165) is 22.1 Å². The predicted octanol–water partition coefficient (Wildman–Crippen LogP) is 5.10. The lowest BCUT2D eigenvalue weighted by Gasteiger charge is -2.11. The lowest BCUT2D eigenvalue weighted by atomic mass is 10.1. The molecule has 1 amide bonds. The molecule has 0 unspecified atom stereocenters. The van der Waals surface area contributed by atoms with E-state index in [1.807, 2.05) is 50.2 Å². The van der Waals surface area contributed by atoms with Crippen LogP contribution in [0.3, 0.4) is 0 Å². The molecule has 0 aliphatic heterocycles. The Kier molecular flexibility index (Phi) is 4.60. The Morgan fingerprint density at radius 2 is 2.00 bits per heavy atom. The Morgan fingerprint density at radius 1 is 1.25 bits per heavy atom. The van der Waals surface area contributed by atoms with E-state index < -0.39 is 0 Å². The van der Waals surface area contributed by atoms with Crippen LogP contribution in [0, 0.1) is 13.8 Å². The number of carbonyl (C=O) groups excluding carboxylic acids is 1. The monoisotopic (exact) mass is 343 g/mol. The summed E-state index contributed by atoms with van der Waals surface area (Å²) < 4.78 is 11.0. The van der Waals surface area contributed by atoms with Crippen LogP contribution in [0.2, 0.25) is 5.02 Å². The SMILES string of the molecule is COCc1c(C(=O)Nc2c(C)cc(C)cc2Cl)oc2ccccc12. The van der Waals surface area contributed by atoms with Gasteiger partial charge in [0.2, 0.25) is 0 Å². The van der Waals surface area contributed by atoms with Crippen LogP contribution in [-0.2, 0) is 11.3 Å². The molecule has 0 fully saturated rings. The average molecular weight is 344 g/mol. The van der Waals surface area contributed by atoms with Gasteiger partial charge in [-0.05, 0) is 37.1 Å². The molecule has 0 aliphatic carbocycles. The molecule has 5 heteroatoms. The first kappa shape index (κ1) is 16.6. The Bertz CT molecular complexity index is 891. The highest BCUT2D eigenvalue weighted by atomic mass is 35.5. The first-order chi connectivity index (χ1) is 11.5. The zero-order valence-electron chi connectivity index (χ0n) is 13.8. The number of rotatable bonds is 4. The molecule has 2 aromatic carbocycles. The van der Waals surface area contributed by atoms with E-state index in [0.29, 0.717) is 22.9 Å². The molecule has 1 aromatic heterocycles. The van der Waals surface area contributed by atoms with Gasteiger partial charge in [0, 0.05) is 18.1 Å². The molecule has 124 valence electrons. The average Bonchev–Trinajstić information content (AvgIpc) is 2.90. The third kappa shape index (κ3) is 3.03. The van der Waals surface area contributed by atoms with Gasteiger partial charge in [-0.15, -0.1) is 0 Å². The largest absolute Gasteiger partial charge is 0.451 e.